The number of methoxy groups -OCH3 is 1. The Morgan fingerprint density at radius 2 is 1.35 bits per heavy atom. The van der Waals surface area contributed by atoms with E-state index in [-0.39, 0.29) is 6.54 Å². The lowest BCUT2D eigenvalue weighted by atomic mass is 9.88. The first-order valence-corrected chi connectivity index (χ1v) is 9.96. The summed E-state index contributed by atoms with van der Waals surface area (Å²) in [5.41, 5.74) is 2.25. The fourth-order valence-corrected chi connectivity index (χ4v) is 3.31. The Morgan fingerprint density at radius 1 is 0.811 bits per heavy atom. The summed E-state index contributed by atoms with van der Waals surface area (Å²) in [6.45, 7) is 0.0120. The molecule has 37 heavy (non-hydrogen) atoms. The number of fused-ring (bicyclic) bond motifs is 1. The maximum Gasteiger partial charge on any atom is 0.491 e. The smallest absolute Gasteiger partial charge is 0.491 e. The Bertz CT molecular complexity index is 1100. The van der Waals surface area contributed by atoms with Gasteiger partial charge in [0.1, 0.15) is 5.75 Å². The molecule has 15 heteroatoms. The molecule has 0 saturated carbocycles. The fraction of sp³-hybridized carbons (Fsp3) is 0.318. The number of alkyl halides is 9. The minimum Gasteiger partial charge on any atom is -0.497 e. The highest BCUT2D eigenvalue weighted by Crippen LogP contribution is 2.38. The second-order valence-electron chi connectivity index (χ2n) is 7.30. The third-order valence-electron chi connectivity index (χ3n) is 4.85. The van der Waals surface area contributed by atoms with Crippen LogP contribution in [-0.4, -0.2) is 54.9 Å². The van der Waals surface area contributed by atoms with Crippen LogP contribution in [0, 0.1) is 0 Å². The van der Waals surface area contributed by atoms with Crippen LogP contribution in [0.3, 0.4) is 0 Å². The van der Waals surface area contributed by atoms with E-state index in [9.17, 15) is 53.9 Å². The van der Waals surface area contributed by atoms with Crippen LogP contribution in [0.4, 0.5) is 39.5 Å². The summed E-state index contributed by atoms with van der Waals surface area (Å²) in [6.07, 6.45) is -15.8. The molecule has 1 aliphatic rings. The van der Waals surface area contributed by atoms with Gasteiger partial charge in [-0.25, -0.2) is 9.59 Å². The van der Waals surface area contributed by atoms with E-state index in [1.807, 2.05) is 6.07 Å². The summed E-state index contributed by atoms with van der Waals surface area (Å²) < 4.78 is 114. The van der Waals surface area contributed by atoms with Crippen LogP contribution in [0.1, 0.15) is 22.7 Å². The zero-order valence-electron chi connectivity index (χ0n) is 18.5. The molecule has 0 bridgehead atoms. The van der Waals surface area contributed by atoms with Gasteiger partial charge in [-0.3, -0.25) is 4.79 Å². The van der Waals surface area contributed by atoms with Crippen LogP contribution in [0.15, 0.2) is 48.5 Å². The van der Waals surface area contributed by atoms with Gasteiger partial charge >= 0.3 is 36.4 Å². The Labute approximate surface area is 202 Å². The van der Waals surface area contributed by atoms with E-state index in [2.05, 4.69) is 4.74 Å². The first-order chi connectivity index (χ1) is 17.0. The highest BCUT2D eigenvalue weighted by Gasteiger charge is 2.49. The molecule has 1 atom stereocenters. The van der Waals surface area contributed by atoms with E-state index in [0.717, 1.165) is 10.5 Å². The number of carbonyl (C=O) groups is 3. The second kappa shape index (κ2) is 11.1. The monoisotopic (exact) mass is 545 g/mol. The second-order valence-corrected chi connectivity index (χ2v) is 7.30. The van der Waals surface area contributed by atoms with Crippen molar-refractivity contribution in [2.45, 2.75) is 31.0 Å². The molecule has 0 spiro atoms. The minimum atomic E-state index is -5.62. The number of hydrogen-bond donors (Lipinski definition) is 0. The third kappa shape index (κ3) is 7.60. The fourth-order valence-electron chi connectivity index (χ4n) is 3.31. The first-order valence-electron chi connectivity index (χ1n) is 9.96. The van der Waals surface area contributed by atoms with Gasteiger partial charge in [-0.1, -0.05) is 36.4 Å². The van der Waals surface area contributed by atoms with E-state index < -0.39 is 42.4 Å². The van der Waals surface area contributed by atoms with E-state index in [1.165, 1.54) is 0 Å². The molecule has 0 saturated heterocycles. The minimum absolute atomic E-state index is 0.0120. The van der Waals surface area contributed by atoms with Crippen LogP contribution in [0.25, 0.3) is 0 Å². The number of amides is 1. The molecular weight excluding hydrogens is 529 g/mol. The van der Waals surface area contributed by atoms with E-state index in [0.29, 0.717) is 23.3 Å². The lowest BCUT2D eigenvalue weighted by molar-refractivity contribution is -0.221. The predicted octanol–water partition coefficient (Wildman–Crippen LogP) is 4.91. The standard InChI is InChI=1S/C18H16F3NO2.C4F6O3/c1-24-14-7-8-15-13(11-14)9-10-22(17(23)18(19,20)21)16(15)12-5-3-2-4-6-12;5-3(6,7)1(11)13-2(12)4(8,9)10/h2-8,11,16H,9-10H2,1H3;. The molecule has 3 rings (SSSR count). The summed E-state index contributed by atoms with van der Waals surface area (Å²) in [6, 6.07) is 13.3. The lowest BCUT2D eigenvalue weighted by Crippen LogP contribution is -2.46. The van der Waals surface area contributed by atoms with Gasteiger partial charge in [0.05, 0.1) is 13.2 Å². The Morgan fingerprint density at radius 3 is 1.81 bits per heavy atom. The number of ether oxygens (including phenoxy) is 2. The van der Waals surface area contributed by atoms with Crippen LogP contribution < -0.4 is 4.74 Å². The quantitative estimate of drug-likeness (QED) is 0.305. The Balaban J connectivity index is 0.000000317. The van der Waals surface area contributed by atoms with Crippen molar-refractivity contribution in [3.63, 3.8) is 0 Å². The van der Waals surface area contributed by atoms with Gasteiger partial charge < -0.3 is 14.4 Å². The molecule has 0 aliphatic carbocycles. The normalized spacial score (nSPS) is 15.6. The molecule has 6 nitrogen and oxygen atoms in total. The molecule has 2 aromatic rings. The number of halogens is 9. The van der Waals surface area contributed by atoms with Gasteiger partial charge in [0.25, 0.3) is 0 Å². The van der Waals surface area contributed by atoms with Crippen molar-refractivity contribution in [1.29, 1.82) is 0 Å². The van der Waals surface area contributed by atoms with Crippen molar-refractivity contribution in [2.75, 3.05) is 13.7 Å². The number of carbonyl (C=O) groups excluding carboxylic acids is 3. The van der Waals surface area contributed by atoms with Crippen molar-refractivity contribution in [1.82, 2.24) is 4.90 Å². The summed E-state index contributed by atoms with van der Waals surface area (Å²) in [7, 11) is 1.54. The van der Waals surface area contributed by atoms with Gasteiger partial charge in [-0.05, 0) is 35.2 Å². The number of esters is 2. The highest BCUT2D eigenvalue weighted by atomic mass is 19.4. The number of rotatable bonds is 2. The largest absolute Gasteiger partial charge is 0.497 e. The van der Waals surface area contributed by atoms with E-state index >= 15 is 0 Å². The number of nitrogens with zero attached hydrogens (tertiary/aromatic N) is 1. The first kappa shape index (κ1) is 29.5. The van der Waals surface area contributed by atoms with Gasteiger partial charge in [0.15, 0.2) is 0 Å². The van der Waals surface area contributed by atoms with Gasteiger partial charge in [-0.2, -0.15) is 39.5 Å². The molecule has 1 amide bonds. The molecule has 2 aromatic carbocycles. The average molecular weight is 545 g/mol. The summed E-state index contributed by atoms with van der Waals surface area (Å²) >= 11 is 0. The molecule has 1 heterocycles. The molecule has 0 radical (unpaired) electrons. The van der Waals surface area contributed by atoms with Crippen LogP contribution in [-0.2, 0) is 25.5 Å². The third-order valence-corrected chi connectivity index (χ3v) is 4.85. The maximum atomic E-state index is 13.0. The Hall–Kier alpha value is -3.78. The molecule has 202 valence electrons. The van der Waals surface area contributed by atoms with E-state index in [4.69, 9.17) is 4.74 Å². The topological polar surface area (TPSA) is 72.9 Å². The van der Waals surface area contributed by atoms with Crippen LogP contribution >= 0.6 is 0 Å². The molecular formula is C22H16F9NO5. The van der Waals surface area contributed by atoms with E-state index in [1.54, 1.807) is 49.6 Å². The molecule has 1 unspecified atom stereocenters. The lowest BCUT2D eigenvalue weighted by Gasteiger charge is -2.38. The number of hydrogen-bond acceptors (Lipinski definition) is 5. The van der Waals surface area contributed by atoms with Crippen LogP contribution in [0.5, 0.6) is 5.75 Å². The van der Waals surface area contributed by atoms with Crippen molar-refractivity contribution < 1.29 is 63.4 Å². The van der Waals surface area contributed by atoms with Crippen molar-refractivity contribution in [3.05, 3.63) is 65.2 Å². The zero-order chi connectivity index (χ0) is 28.2. The highest BCUT2D eigenvalue weighted by molar-refractivity contribution is 5.90. The summed E-state index contributed by atoms with van der Waals surface area (Å²) in [5, 5.41) is 0. The molecule has 0 fully saturated rings. The molecule has 0 aromatic heterocycles. The number of benzene rings is 2. The van der Waals surface area contributed by atoms with Crippen molar-refractivity contribution >= 4 is 17.8 Å². The van der Waals surface area contributed by atoms with Crippen molar-refractivity contribution in [2.24, 2.45) is 0 Å². The molecule has 0 N–H and O–H groups in total. The average Bonchev–Trinajstić information content (AvgIpc) is 2.81. The summed E-state index contributed by atoms with van der Waals surface area (Å²) in [5.74, 6) is -7.56. The van der Waals surface area contributed by atoms with Crippen molar-refractivity contribution in [3.8, 4) is 5.75 Å². The van der Waals surface area contributed by atoms with Gasteiger partial charge in [0.2, 0.25) is 0 Å². The maximum absolute atomic E-state index is 13.0. The Kier molecular flexibility index (Phi) is 8.83. The van der Waals surface area contributed by atoms with Gasteiger partial charge in [-0.15, -0.1) is 0 Å². The van der Waals surface area contributed by atoms with Gasteiger partial charge in [0, 0.05) is 6.54 Å². The SMILES string of the molecule is COc1ccc2c(c1)CCN(C(=O)C(F)(F)F)C2c1ccccc1.O=C(OC(=O)C(F)(F)F)C(F)(F)F. The predicted molar refractivity (Wildman–Crippen MR) is 106 cm³/mol. The van der Waals surface area contributed by atoms with Crippen LogP contribution in [0.2, 0.25) is 0 Å². The molecule has 1 aliphatic heterocycles. The zero-order valence-corrected chi connectivity index (χ0v) is 18.5. The summed E-state index contributed by atoms with van der Waals surface area (Å²) in [4.78, 5) is 32.1.